The number of carbonyl (C=O) groups is 2. The summed E-state index contributed by atoms with van der Waals surface area (Å²) in [4.78, 5) is 28.8. The first-order valence-electron chi connectivity index (χ1n) is 8.44. The normalized spacial score (nSPS) is 18.6. The van der Waals surface area contributed by atoms with E-state index in [-0.39, 0.29) is 30.5 Å². The third-order valence-electron chi connectivity index (χ3n) is 4.99. The fourth-order valence-electron chi connectivity index (χ4n) is 3.25. The standard InChI is InChI=1S/C18H23ClN2O2.ClH/c19-15-6-4-14(5-7-15)17(22)8-9-18(23)21-12-10-20(11-13-21)16-2-1-3-16;/h4-7,16H,1-3,8-13H2;1H. The molecule has 6 heteroatoms. The second-order valence-electron chi connectivity index (χ2n) is 6.43. The number of hydrogen-bond donors (Lipinski definition) is 0. The SMILES string of the molecule is Cl.O=C(CCC(=O)N1CCN(C2CCC2)CC1)c1ccc(Cl)cc1. The lowest BCUT2D eigenvalue weighted by Gasteiger charge is -2.43. The number of piperazine rings is 1. The van der Waals surface area contributed by atoms with E-state index in [1.165, 1.54) is 19.3 Å². The summed E-state index contributed by atoms with van der Waals surface area (Å²) in [5.74, 6) is 0.101. The van der Waals surface area contributed by atoms with E-state index in [4.69, 9.17) is 11.6 Å². The van der Waals surface area contributed by atoms with Gasteiger partial charge in [0.1, 0.15) is 0 Å². The maximum absolute atomic E-state index is 12.3. The van der Waals surface area contributed by atoms with Crippen molar-refractivity contribution < 1.29 is 9.59 Å². The predicted octanol–water partition coefficient (Wildman–Crippen LogP) is 3.42. The molecule has 0 spiro atoms. The highest BCUT2D eigenvalue weighted by atomic mass is 35.5. The molecule has 1 saturated carbocycles. The van der Waals surface area contributed by atoms with Gasteiger partial charge in [-0.2, -0.15) is 0 Å². The van der Waals surface area contributed by atoms with Gasteiger partial charge in [0.15, 0.2) is 5.78 Å². The molecule has 2 aliphatic rings. The van der Waals surface area contributed by atoms with E-state index in [1.54, 1.807) is 24.3 Å². The zero-order valence-corrected chi connectivity index (χ0v) is 15.3. The first-order chi connectivity index (χ1) is 11.1. The first kappa shape index (κ1) is 19.2. The molecule has 1 amide bonds. The maximum atomic E-state index is 12.3. The molecule has 0 bridgehead atoms. The van der Waals surface area contributed by atoms with Gasteiger partial charge in [0.25, 0.3) is 0 Å². The lowest BCUT2D eigenvalue weighted by Crippen LogP contribution is -2.53. The molecule has 1 aliphatic heterocycles. The van der Waals surface area contributed by atoms with E-state index in [2.05, 4.69) is 4.90 Å². The van der Waals surface area contributed by atoms with E-state index in [9.17, 15) is 9.59 Å². The molecule has 4 nitrogen and oxygen atoms in total. The van der Waals surface area contributed by atoms with E-state index < -0.39 is 0 Å². The average molecular weight is 371 g/mol. The predicted molar refractivity (Wildman–Crippen MR) is 98.1 cm³/mol. The summed E-state index contributed by atoms with van der Waals surface area (Å²) in [7, 11) is 0. The van der Waals surface area contributed by atoms with Crippen LogP contribution in [0.4, 0.5) is 0 Å². The number of hydrogen-bond acceptors (Lipinski definition) is 3. The van der Waals surface area contributed by atoms with E-state index in [0.717, 1.165) is 32.2 Å². The molecule has 0 atom stereocenters. The Bertz CT molecular complexity index is 565. The zero-order valence-electron chi connectivity index (χ0n) is 13.7. The topological polar surface area (TPSA) is 40.6 Å². The van der Waals surface area contributed by atoms with Gasteiger partial charge in [-0.1, -0.05) is 18.0 Å². The number of nitrogens with zero attached hydrogens (tertiary/aromatic N) is 2. The Labute approximate surface area is 154 Å². The van der Waals surface area contributed by atoms with Crippen molar-refractivity contribution in [2.45, 2.75) is 38.1 Å². The van der Waals surface area contributed by atoms with Gasteiger partial charge in [-0.05, 0) is 37.1 Å². The molecular weight excluding hydrogens is 347 g/mol. The van der Waals surface area contributed by atoms with Crippen LogP contribution < -0.4 is 0 Å². The molecule has 0 radical (unpaired) electrons. The Kier molecular flexibility index (Phi) is 7.08. The summed E-state index contributed by atoms with van der Waals surface area (Å²) in [6.45, 7) is 3.54. The third kappa shape index (κ3) is 4.71. The summed E-state index contributed by atoms with van der Waals surface area (Å²) in [6.07, 6.45) is 4.53. The lowest BCUT2D eigenvalue weighted by molar-refractivity contribution is -0.133. The Balaban J connectivity index is 0.00000208. The largest absolute Gasteiger partial charge is 0.340 e. The number of Topliss-reactive ketones (excluding diaryl/α,β-unsaturated/α-hetero) is 1. The fourth-order valence-corrected chi connectivity index (χ4v) is 3.37. The van der Waals surface area contributed by atoms with Crippen LogP contribution in [0.3, 0.4) is 0 Å². The molecule has 1 heterocycles. The van der Waals surface area contributed by atoms with Crippen molar-refractivity contribution in [2.24, 2.45) is 0 Å². The molecule has 1 aliphatic carbocycles. The molecule has 1 aromatic carbocycles. The van der Waals surface area contributed by atoms with Crippen molar-refractivity contribution in [3.63, 3.8) is 0 Å². The lowest BCUT2D eigenvalue weighted by atomic mass is 9.91. The summed E-state index contributed by atoms with van der Waals surface area (Å²) < 4.78 is 0. The molecule has 1 aromatic rings. The zero-order chi connectivity index (χ0) is 16.2. The molecule has 0 aromatic heterocycles. The number of ketones is 1. The Morgan fingerprint density at radius 1 is 1.00 bits per heavy atom. The van der Waals surface area contributed by atoms with Gasteiger partial charge in [-0.3, -0.25) is 14.5 Å². The third-order valence-corrected chi connectivity index (χ3v) is 5.24. The first-order valence-corrected chi connectivity index (χ1v) is 8.82. The summed E-state index contributed by atoms with van der Waals surface area (Å²) in [6, 6.07) is 7.59. The van der Waals surface area contributed by atoms with Crippen LogP contribution >= 0.6 is 24.0 Å². The van der Waals surface area contributed by atoms with Crippen LogP contribution in [0, 0.1) is 0 Å². The quantitative estimate of drug-likeness (QED) is 0.745. The van der Waals surface area contributed by atoms with Crippen LogP contribution in [-0.4, -0.2) is 53.7 Å². The van der Waals surface area contributed by atoms with Gasteiger partial charge in [0, 0.05) is 55.6 Å². The van der Waals surface area contributed by atoms with E-state index in [0.29, 0.717) is 17.0 Å². The molecule has 0 unspecified atom stereocenters. The maximum Gasteiger partial charge on any atom is 0.223 e. The molecule has 0 N–H and O–H groups in total. The molecule has 24 heavy (non-hydrogen) atoms. The van der Waals surface area contributed by atoms with Gasteiger partial charge < -0.3 is 4.90 Å². The number of benzene rings is 1. The van der Waals surface area contributed by atoms with Crippen molar-refractivity contribution in [2.75, 3.05) is 26.2 Å². The Morgan fingerprint density at radius 2 is 1.62 bits per heavy atom. The fraction of sp³-hybridized carbons (Fsp3) is 0.556. The van der Waals surface area contributed by atoms with Gasteiger partial charge >= 0.3 is 0 Å². The van der Waals surface area contributed by atoms with Crippen LogP contribution in [0.25, 0.3) is 0 Å². The second kappa shape index (κ2) is 8.84. The highest BCUT2D eigenvalue weighted by molar-refractivity contribution is 6.30. The van der Waals surface area contributed by atoms with Crippen LogP contribution in [0.2, 0.25) is 5.02 Å². The van der Waals surface area contributed by atoms with Gasteiger partial charge in [-0.15, -0.1) is 12.4 Å². The minimum absolute atomic E-state index is 0. The highest BCUT2D eigenvalue weighted by Crippen LogP contribution is 2.25. The molecular formula is C18H24Cl2N2O2. The van der Waals surface area contributed by atoms with Crippen molar-refractivity contribution in [3.05, 3.63) is 34.9 Å². The van der Waals surface area contributed by atoms with Gasteiger partial charge in [-0.25, -0.2) is 0 Å². The van der Waals surface area contributed by atoms with E-state index >= 15 is 0 Å². The highest BCUT2D eigenvalue weighted by Gasteiger charge is 2.29. The van der Waals surface area contributed by atoms with Crippen LogP contribution in [0.5, 0.6) is 0 Å². The summed E-state index contributed by atoms with van der Waals surface area (Å²) in [5.41, 5.74) is 0.622. The van der Waals surface area contributed by atoms with Crippen LogP contribution in [0.1, 0.15) is 42.5 Å². The molecule has 3 rings (SSSR count). The van der Waals surface area contributed by atoms with Crippen molar-refractivity contribution in [1.82, 2.24) is 9.80 Å². The monoisotopic (exact) mass is 370 g/mol. The van der Waals surface area contributed by atoms with Crippen molar-refractivity contribution in [1.29, 1.82) is 0 Å². The Morgan fingerprint density at radius 3 is 2.17 bits per heavy atom. The van der Waals surface area contributed by atoms with Gasteiger partial charge in [0.05, 0.1) is 0 Å². The van der Waals surface area contributed by atoms with Gasteiger partial charge in [0.2, 0.25) is 5.91 Å². The minimum atomic E-state index is 0. The summed E-state index contributed by atoms with van der Waals surface area (Å²) in [5, 5.41) is 0.613. The van der Waals surface area contributed by atoms with E-state index in [1.807, 2.05) is 4.90 Å². The van der Waals surface area contributed by atoms with Crippen molar-refractivity contribution >= 4 is 35.7 Å². The Hall–Kier alpha value is -1.10. The average Bonchev–Trinajstić information content (AvgIpc) is 2.52. The molecule has 2 fully saturated rings. The minimum Gasteiger partial charge on any atom is -0.340 e. The number of rotatable bonds is 5. The second-order valence-corrected chi connectivity index (χ2v) is 6.87. The number of halogens is 2. The number of carbonyl (C=O) groups excluding carboxylic acids is 2. The molecule has 1 saturated heterocycles. The smallest absolute Gasteiger partial charge is 0.223 e. The summed E-state index contributed by atoms with van der Waals surface area (Å²) >= 11 is 5.82. The van der Waals surface area contributed by atoms with Crippen LogP contribution in [-0.2, 0) is 4.79 Å². The van der Waals surface area contributed by atoms with Crippen molar-refractivity contribution in [3.8, 4) is 0 Å². The number of amides is 1. The molecule has 132 valence electrons. The van der Waals surface area contributed by atoms with Crippen LogP contribution in [0.15, 0.2) is 24.3 Å².